The quantitative estimate of drug-likeness (QED) is 0.428. The van der Waals surface area contributed by atoms with Crippen molar-refractivity contribution in [3.8, 4) is 11.1 Å². The molecule has 5 N–H and O–H groups in total. The largest absolute Gasteiger partial charge is 0.477 e. The Morgan fingerprint density at radius 1 is 1.21 bits per heavy atom. The highest BCUT2D eigenvalue weighted by Gasteiger charge is 2.29. The predicted octanol–water partition coefficient (Wildman–Crippen LogP) is 3.39. The van der Waals surface area contributed by atoms with Gasteiger partial charge in [0.1, 0.15) is 17.2 Å². The fourth-order valence-electron chi connectivity index (χ4n) is 4.12. The molecule has 1 aliphatic carbocycles. The number of aromatic carboxylic acids is 1. The van der Waals surface area contributed by atoms with E-state index in [1.165, 1.54) is 12.4 Å². The monoisotopic (exact) mass is 445 g/mol. The van der Waals surface area contributed by atoms with Crippen LogP contribution in [-0.2, 0) is 6.42 Å². The summed E-state index contributed by atoms with van der Waals surface area (Å²) in [5.41, 5.74) is 12.3. The van der Waals surface area contributed by atoms with Gasteiger partial charge in [-0.2, -0.15) is 4.98 Å². The number of hydrogen-bond acceptors (Lipinski definition) is 6. The number of halogens is 1. The van der Waals surface area contributed by atoms with Crippen LogP contribution in [0.3, 0.4) is 0 Å². The van der Waals surface area contributed by atoms with Crippen LogP contribution < -0.4 is 16.9 Å². The Kier molecular flexibility index (Phi) is 4.81. The highest BCUT2D eigenvalue weighted by atomic mass is 19.1. The molecule has 166 valence electrons. The average Bonchev–Trinajstić information content (AvgIpc) is 3.63. The minimum Gasteiger partial charge on any atom is -0.477 e. The van der Waals surface area contributed by atoms with E-state index in [0.717, 1.165) is 12.8 Å². The number of carboxylic acids is 1. The third-order valence-electron chi connectivity index (χ3n) is 5.90. The fraction of sp³-hybridized carbons (Fsp3) is 0.167. The van der Waals surface area contributed by atoms with Crippen LogP contribution in [0.5, 0.6) is 0 Å². The third-order valence-corrected chi connectivity index (χ3v) is 5.90. The van der Waals surface area contributed by atoms with Gasteiger partial charge in [0.15, 0.2) is 0 Å². The van der Waals surface area contributed by atoms with E-state index in [2.05, 4.69) is 9.97 Å². The molecule has 4 aromatic rings. The van der Waals surface area contributed by atoms with E-state index in [0.29, 0.717) is 22.2 Å². The molecule has 0 amide bonds. The molecule has 2 aromatic heterocycles. The molecule has 1 aliphatic rings. The minimum atomic E-state index is -1.36. The fourth-order valence-corrected chi connectivity index (χ4v) is 4.12. The Morgan fingerprint density at radius 2 is 1.94 bits per heavy atom. The highest BCUT2D eigenvalue weighted by molar-refractivity contribution is 5.96. The molecule has 0 atom stereocenters. The van der Waals surface area contributed by atoms with Crippen molar-refractivity contribution in [1.82, 2.24) is 14.5 Å². The van der Waals surface area contributed by atoms with Crippen LogP contribution in [-0.4, -0.2) is 25.6 Å². The van der Waals surface area contributed by atoms with E-state index >= 15 is 4.39 Å². The number of fused-ring (bicyclic) bond motifs is 1. The Labute approximate surface area is 187 Å². The van der Waals surface area contributed by atoms with Gasteiger partial charge in [0.25, 0.3) is 0 Å². The Hall–Kier alpha value is -4.27. The van der Waals surface area contributed by atoms with Gasteiger partial charge in [0.05, 0.1) is 10.9 Å². The number of aromatic nitrogens is 3. The zero-order valence-corrected chi connectivity index (χ0v) is 17.5. The van der Waals surface area contributed by atoms with Crippen LogP contribution >= 0.6 is 0 Å². The zero-order valence-electron chi connectivity index (χ0n) is 17.5. The smallest absolute Gasteiger partial charge is 0.341 e. The maximum Gasteiger partial charge on any atom is 0.341 e. The second kappa shape index (κ2) is 7.70. The number of nitrogens with two attached hydrogens (primary N) is 2. The van der Waals surface area contributed by atoms with Gasteiger partial charge in [-0.05, 0) is 24.5 Å². The second-order valence-electron chi connectivity index (χ2n) is 8.11. The van der Waals surface area contributed by atoms with Crippen molar-refractivity contribution >= 4 is 28.6 Å². The Balaban J connectivity index is 1.88. The van der Waals surface area contributed by atoms with Crippen LogP contribution in [0.2, 0.25) is 0 Å². The number of anilines is 2. The third kappa shape index (κ3) is 3.57. The summed E-state index contributed by atoms with van der Waals surface area (Å²) >= 11 is 0. The first-order chi connectivity index (χ1) is 15.8. The van der Waals surface area contributed by atoms with Crippen molar-refractivity contribution in [2.45, 2.75) is 25.3 Å². The minimum absolute atomic E-state index is 0.0233. The van der Waals surface area contributed by atoms with Gasteiger partial charge in [-0.3, -0.25) is 4.79 Å². The predicted molar refractivity (Wildman–Crippen MR) is 122 cm³/mol. The first kappa shape index (κ1) is 20.6. The molecule has 0 radical (unpaired) electrons. The maximum absolute atomic E-state index is 16.0. The lowest BCUT2D eigenvalue weighted by atomic mass is 9.93. The molecule has 1 fully saturated rings. The standard InChI is InChI=1S/C24H20FN5O3/c25-20-15(12-4-2-1-3-5-12)9-18-19(16(20)8-13-10-28-24(27)29-22(13)26)21(31)17(23(32)33)11-30(18)14-6-7-14/h1-5,9-11,14H,6-8H2,(H,32,33)(H4,26,27,28,29). The molecule has 33 heavy (non-hydrogen) atoms. The summed E-state index contributed by atoms with van der Waals surface area (Å²) in [6, 6.07) is 10.7. The summed E-state index contributed by atoms with van der Waals surface area (Å²) in [5, 5.41) is 9.67. The van der Waals surface area contributed by atoms with Crippen molar-refractivity contribution in [3.63, 3.8) is 0 Å². The van der Waals surface area contributed by atoms with E-state index < -0.39 is 22.8 Å². The number of carbonyl (C=O) groups is 1. The SMILES string of the molecule is Nc1ncc(Cc2c(F)c(-c3ccccc3)cc3c2c(=O)c(C(=O)O)cn3C2CC2)c(N)n1. The van der Waals surface area contributed by atoms with E-state index in [9.17, 15) is 14.7 Å². The van der Waals surface area contributed by atoms with Gasteiger partial charge in [-0.1, -0.05) is 30.3 Å². The molecular weight excluding hydrogens is 425 g/mol. The summed E-state index contributed by atoms with van der Waals surface area (Å²) in [6.07, 6.45) is 4.35. The van der Waals surface area contributed by atoms with E-state index in [1.807, 2.05) is 6.07 Å². The Morgan fingerprint density at radius 3 is 2.58 bits per heavy atom. The molecule has 2 aromatic carbocycles. The van der Waals surface area contributed by atoms with Crippen molar-refractivity contribution in [1.29, 1.82) is 0 Å². The topological polar surface area (TPSA) is 137 Å². The molecule has 0 unspecified atom stereocenters. The maximum atomic E-state index is 16.0. The number of rotatable bonds is 5. The van der Waals surface area contributed by atoms with Crippen molar-refractivity contribution < 1.29 is 14.3 Å². The van der Waals surface area contributed by atoms with Crippen LogP contribution in [0.4, 0.5) is 16.2 Å². The average molecular weight is 445 g/mol. The van der Waals surface area contributed by atoms with Crippen molar-refractivity contribution in [3.05, 3.63) is 81.5 Å². The number of nitrogens with zero attached hydrogens (tertiary/aromatic N) is 3. The number of carboxylic acid groups (broad SMARTS) is 1. The molecule has 0 aliphatic heterocycles. The summed E-state index contributed by atoms with van der Waals surface area (Å²) in [4.78, 5) is 33.0. The van der Waals surface area contributed by atoms with Crippen LogP contribution in [0.1, 0.15) is 40.4 Å². The second-order valence-corrected chi connectivity index (χ2v) is 8.11. The van der Waals surface area contributed by atoms with Gasteiger partial charge in [-0.15, -0.1) is 0 Å². The van der Waals surface area contributed by atoms with Crippen molar-refractivity contribution in [2.75, 3.05) is 11.5 Å². The number of pyridine rings is 1. The van der Waals surface area contributed by atoms with Gasteiger partial charge < -0.3 is 21.1 Å². The summed E-state index contributed by atoms with van der Waals surface area (Å²) in [6.45, 7) is 0. The zero-order chi connectivity index (χ0) is 23.3. The molecule has 1 saturated carbocycles. The number of nitrogen functional groups attached to an aromatic ring is 2. The lowest BCUT2D eigenvalue weighted by Gasteiger charge is -2.18. The van der Waals surface area contributed by atoms with Crippen LogP contribution in [0.25, 0.3) is 22.0 Å². The molecule has 0 spiro atoms. The molecule has 0 bridgehead atoms. The summed E-state index contributed by atoms with van der Waals surface area (Å²) in [7, 11) is 0. The van der Waals surface area contributed by atoms with Crippen molar-refractivity contribution in [2.24, 2.45) is 0 Å². The van der Waals surface area contributed by atoms with Gasteiger partial charge in [0, 0.05) is 41.5 Å². The normalized spacial score (nSPS) is 13.4. The number of benzene rings is 2. The lowest BCUT2D eigenvalue weighted by Crippen LogP contribution is -2.21. The number of hydrogen-bond donors (Lipinski definition) is 3. The first-order valence-electron chi connectivity index (χ1n) is 10.4. The summed E-state index contributed by atoms with van der Waals surface area (Å²) < 4.78 is 17.8. The first-order valence-corrected chi connectivity index (χ1v) is 10.4. The van der Waals surface area contributed by atoms with E-state index in [-0.39, 0.29) is 35.2 Å². The Bertz CT molecular complexity index is 1480. The molecule has 9 heteroatoms. The highest BCUT2D eigenvalue weighted by Crippen LogP contribution is 2.40. The van der Waals surface area contributed by atoms with Crippen LogP contribution in [0.15, 0.2) is 53.6 Å². The van der Waals surface area contributed by atoms with Gasteiger partial charge >= 0.3 is 5.97 Å². The molecule has 0 saturated heterocycles. The van der Waals surface area contributed by atoms with Gasteiger partial charge in [0.2, 0.25) is 11.4 Å². The van der Waals surface area contributed by atoms with Gasteiger partial charge in [-0.25, -0.2) is 14.2 Å². The molecule has 5 rings (SSSR count). The van der Waals surface area contributed by atoms with Crippen LogP contribution in [0, 0.1) is 5.82 Å². The molecular formula is C24H20FN5O3. The lowest BCUT2D eigenvalue weighted by molar-refractivity contribution is 0.0695. The van der Waals surface area contributed by atoms with E-state index in [4.69, 9.17) is 11.5 Å². The van der Waals surface area contributed by atoms with E-state index in [1.54, 1.807) is 34.9 Å². The molecule has 8 nitrogen and oxygen atoms in total. The summed E-state index contributed by atoms with van der Waals surface area (Å²) in [5.74, 6) is -1.93. The molecule has 2 heterocycles.